The first kappa shape index (κ1) is 14.5. The molecule has 1 aliphatic rings. The van der Waals surface area contributed by atoms with Gasteiger partial charge in [-0.2, -0.15) is 0 Å². The molecule has 0 radical (unpaired) electrons. The lowest BCUT2D eigenvalue weighted by Crippen LogP contribution is -2.45. The van der Waals surface area contributed by atoms with Crippen molar-refractivity contribution in [2.45, 2.75) is 64.8 Å². The number of unbranched alkanes of at least 4 members (excludes halogenated alkanes) is 2. The number of carbonyl (C=O) groups excluding carboxylic acids is 1. The van der Waals surface area contributed by atoms with Crippen molar-refractivity contribution < 1.29 is 4.79 Å². The molecule has 1 aliphatic heterocycles. The summed E-state index contributed by atoms with van der Waals surface area (Å²) < 4.78 is 0. The highest BCUT2D eigenvalue weighted by atomic mass is 16.2. The van der Waals surface area contributed by atoms with Crippen LogP contribution in [-0.2, 0) is 4.79 Å². The van der Waals surface area contributed by atoms with Gasteiger partial charge in [0.1, 0.15) is 0 Å². The van der Waals surface area contributed by atoms with Crippen LogP contribution < -0.4 is 5.32 Å². The summed E-state index contributed by atoms with van der Waals surface area (Å²) in [5, 5.41) is 3.51. The van der Waals surface area contributed by atoms with Crippen molar-refractivity contribution in [2.75, 3.05) is 19.6 Å². The van der Waals surface area contributed by atoms with E-state index in [0.717, 1.165) is 32.5 Å². The molecule has 0 aliphatic carbocycles. The monoisotopic (exact) mass is 240 g/mol. The second kappa shape index (κ2) is 8.51. The minimum Gasteiger partial charge on any atom is -0.341 e. The molecule has 0 saturated carbocycles. The maximum absolute atomic E-state index is 12.0. The van der Waals surface area contributed by atoms with E-state index in [9.17, 15) is 4.79 Å². The predicted molar refractivity (Wildman–Crippen MR) is 72.0 cm³/mol. The summed E-state index contributed by atoms with van der Waals surface area (Å²) in [4.78, 5) is 14.0. The van der Waals surface area contributed by atoms with Crippen LogP contribution in [-0.4, -0.2) is 36.5 Å². The third kappa shape index (κ3) is 5.53. The van der Waals surface area contributed by atoms with Gasteiger partial charge in [-0.25, -0.2) is 0 Å². The van der Waals surface area contributed by atoms with Crippen LogP contribution in [0.1, 0.15) is 58.8 Å². The third-order valence-corrected chi connectivity index (χ3v) is 3.58. The summed E-state index contributed by atoms with van der Waals surface area (Å²) >= 11 is 0. The summed E-state index contributed by atoms with van der Waals surface area (Å²) in [7, 11) is 0. The van der Waals surface area contributed by atoms with E-state index in [1.165, 1.54) is 32.1 Å². The van der Waals surface area contributed by atoms with Crippen LogP contribution in [0.25, 0.3) is 0 Å². The van der Waals surface area contributed by atoms with E-state index in [-0.39, 0.29) is 0 Å². The van der Waals surface area contributed by atoms with E-state index in [2.05, 4.69) is 19.2 Å². The number of carbonyl (C=O) groups is 1. The zero-order valence-corrected chi connectivity index (χ0v) is 11.5. The van der Waals surface area contributed by atoms with E-state index in [0.29, 0.717) is 11.9 Å². The predicted octanol–water partition coefficient (Wildman–Crippen LogP) is 2.56. The first-order valence-electron chi connectivity index (χ1n) is 7.29. The average Bonchev–Trinajstić information content (AvgIpc) is 2.37. The first-order chi connectivity index (χ1) is 8.27. The van der Waals surface area contributed by atoms with Crippen LogP contribution >= 0.6 is 0 Å². The number of likely N-dealkylation sites (N-methyl/N-ethyl adjacent to an activating group) is 1. The van der Waals surface area contributed by atoms with E-state index in [1.54, 1.807) is 0 Å². The summed E-state index contributed by atoms with van der Waals surface area (Å²) in [6, 6.07) is 0.527. The Hall–Kier alpha value is -0.570. The van der Waals surface area contributed by atoms with E-state index in [1.807, 2.05) is 4.90 Å². The number of hydrogen-bond acceptors (Lipinski definition) is 2. The lowest BCUT2D eigenvalue weighted by Gasteiger charge is -2.30. The topological polar surface area (TPSA) is 32.3 Å². The van der Waals surface area contributed by atoms with E-state index >= 15 is 0 Å². The standard InChI is InChI=1S/C14H28N2O/c1-3-5-6-10-14(17)16(4-2)12-13-9-7-8-11-15-13/h13,15H,3-12H2,1-2H3. The molecule has 1 rings (SSSR count). The largest absolute Gasteiger partial charge is 0.341 e. The molecule has 1 unspecified atom stereocenters. The number of nitrogens with zero attached hydrogens (tertiary/aromatic N) is 1. The van der Waals surface area contributed by atoms with Crippen LogP contribution in [0.2, 0.25) is 0 Å². The molecule has 0 aromatic carbocycles. The third-order valence-electron chi connectivity index (χ3n) is 3.58. The molecule has 100 valence electrons. The number of rotatable bonds is 7. The fraction of sp³-hybridized carbons (Fsp3) is 0.929. The Bertz CT molecular complexity index is 212. The SMILES string of the molecule is CCCCCC(=O)N(CC)CC1CCCCN1. The highest BCUT2D eigenvalue weighted by molar-refractivity contribution is 5.76. The lowest BCUT2D eigenvalue weighted by molar-refractivity contribution is -0.131. The Labute approximate surface area is 106 Å². The number of piperidine rings is 1. The van der Waals surface area contributed by atoms with Gasteiger partial charge in [-0.05, 0) is 32.7 Å². The number of amides is 1. The number of nitrogens with one attached hydrogen (secondary N) is 1. The van der Waals surface area contributed by atoms with Crippen molar-refractivity contribution in [3.05, 3.63) is 0 Å². The molecule has 0 spiro atoms. The zero-order valence-electron chi connectivity index (χ0n) is 11.5. The molecule has 0 aromatic heterocycles. The van der Waals surface area contributed by atoms with Gasteiger partial charge in [0.15, 0.2) is 0 Å². The zero-order chi connectivity index (χ0) is 12.5. The Kier molecular flexibility index (Phi) is 7.25. The van der Waals surface area contributed by atoms with Gasteiger partial charge in [0, 0.05) is 25.6 Å². The minimum atomic E-state index is 0.341. The summed E-state index contributed by atoms with van der Waals surface area (Å²) in [5.74, 6) is 0.341. The number of hydrogen-bond donors (Lipinski definition) is 1. The molecule has 1 N–H and O–H groups in total. The van der Waals surface area contributed by atoms with Gasteiger partial charge < -0.3 is 10.2 Å². The average molecular weight is 240 g/mol. The molecule has 3 nitrogen and oxygen atoms in total. The van der Waals surface area contributed by atoms with Gasteiger partial charge in [-0.3, -0.25) is 4.79 Å². The molecular formula is C14H28N2O. The van der Waals surface area contributed by atoms with Crippen LogP contribution in [0.3, 0.4) is 0 Å². The lowest BCUT2D eigenvalue weighted by atomic mass is 10.0. The first-order valence-corrected chi connectivity index (χ1v) is 7.29. The van der Waals surface area contributed by atoms with Crippen molar-refractivity contribution in [1.29, 1.82) is 0 Å². The summed E-state index contributed by atoms with van der Waals surface area (Å²) in [6.45, 7) is 7.13. The van der Waals surface area contributed by atoms with Crippen LogP contribution in [0.15, 0.2) is 0 Å². The van der Waals surface area contributed by atoms with Gasteiger partial charge in [0.05, 0.1) is 0 Å². The fourth-order valence-electron chi connectivity index (χ4n) is 2.44. The Morgan fingerprint density at radius 2 is 2.12 bits per heavy atom. The molecule has 0 bridgehead atoms. The maximum Gasteiger partial charge on any atom is 0.222 e. The maximum atomic E-state index is 12.0. The molecule has 1 atom stereocenters. The molecule has 17 heavy (non-hydrogen) atoms. The van der Waals surface area contributed by atoms with Crippen molar-refractivity contribution in [2.24, 2.45) is 0 Å². The summed E-state index contributed by atoms with van der Waals surface area (Å²) in [5.41, 5.74) is 0. The molecule has 1 amide bonds. The Morgan fingerprint density at radius 3 is 2.71 bits per heavy atom. The molecule has 3 heteroatoms. The minimum absolute atomic E-state index is 0.341. The van der Waals surface area contributed by atoms with Crippen molar-refractivity contribution >= 4 is 5.91 Å². The van der Waals surface area contributed by atoms with Crippen molar-refractivity contribution in [1.82, 2.24) is 10.2 Å². The molecule has 1 saturated heterocycles. The van der Waals surface area contributed by atoms with Gasteiger partial charge >= 0.3 is 0 Å². The van der Waals surface area contributed by atoms with Gasteiger partial charge in [0.2, 0.25) is 5.91 Å². The second-order valence-corrected chi connectivity index (χ2v) is 5.04. The highest BCUT2D eigenvalue weighted by Gasteiger charge is 2.18. The molecular weight excluding hydrogens is 212 g/mol. The van der Waals surface area contributed by atoms with Gasteiger partial charge in [0.25, 0.3) is 0 Å². The van der Waals surface area contributed by atoms with Crippen LogP contribution in [0.4, 0.5) is 0 Å². The molecule has 1 heterocycles. The van der Waals surface area contributed by atoms with Crippen LogP contribution in [0, 0.1) is 0 Å². The van der Waals surface area contributed by atoms with Crippen LogP contribution in [0.5, 0.6) is 0 Å². The van der Waals surface area contributed by atoms with E-state index in [4.69, 9.17) is 0 Å². The second-order valence-electron chi connectivity index (χ2n) is 5.04. The normalized spacial score (nSPS) is 20.2. The molecule has 0 aromatic rings. The smallest absolute Gasteiger partial charge is 0.222 e. The van der Waals surface area contributed by atoms with Gasteiger partial charge in [-0.1, -0.05) is 26.2 Å². The summed E-state index contributed by atoms with van der Waals surface area (Å²) in [6.07, 6.45) is 7.94. The Morgan fingerprint density at radius 1 is 1.29 bits per heavy atom. The fourth-order valence-corrected chi connectivity index (χ4v) is 2.44. The quantitative estimate of drug-likeness (QED) is 0.694. The van der Waals surface area contributed by atoms with Crippen molar-refractivity contribution in [3.63, 3.8) is 0 Å². The van der Waals surface area contributed by atoms with E-state index < -0.39 is 0 Å². The molecule has 1 fully saturated rings. The van der Waals surface area contributed by atoms with Gasteiger partial charge in [-0.15, -0.1) is 0 Å². The Balaban J connectivity index is 2.27. The highest BCUT2D eigenvalue weighted by Crippen LogP contribution is 2.10. The van der Waals surface area contributed by atoms with Crippen molar-refractivity contribution in [3.8, 4) is 0 Å².